The zero-order valence-electron chi connectivity index (χ0n) is 10.3. The number of amides is 1. The van der Waals surface area contributed by atoms with Gasteiger partial charge in [0.1, 0.15) is 0 Å². The fourth-order valence-electron chi connectivity index (χ4n) is 2.02. The SMILES string of the molecule is Cc1c(NC(=O)CN2CCC(N)C2)cnn1C. The molecule has 0 saturated carbocycles. The van der Waals surface area contributed by atoms with Crippen LogP contribution in [-0.2, 0) is 11.8 Å². The Morgan fingerprint density at radius 1 is 1.71 bits per heavy atom. The van der Waals surface area contributed by atoms with Crippen molar-refractivity contribution in [2.45, 2.75) is 19.4 Å². The van der Waals surface area contributed by atoms with E-state index < -0.39 is 0 Å². The topological polar surface area (TPSA) is 76.2 Å². The van der Waals surface area contributed by atoms with Gasteiger partial charge in [-0.2, -0.15) is 5.10 Å². The standard InChI is InChI=1S/C11H19N5O/c1-8-10(5-13-15(8)2)14-11(17)7-16-4-3-9(12)6-16/h5,9H,3-4,6-7,12H2,1-2H3,(H,14,17). The Morgan fingerprint density at radius 2 is 2.47 bits per heavy atom. The van der Waals surface area contributed by atoms with Crippen molar-refractivity contribution in [1.29, 1.82) is 0 Å². The van der Waals surface area contributed by atoms with E-state index in [0.717, 1.165) is 30.9 Å². The molecule has 1 atom stereocenters. The van der Waals surface area contributed by atoms with Crippen molar-refractivity contribution < 1.29 is 4.79 Å². The van der Waals surface area contributed by atoms with E-state index in [1.165, 1.54) is 0 Å². The summed E-state index contributed by atoms with van der Waals surface area (Å²) in [4.78, 5) is 13.9. The van der Waals surface area contributed by atoms with Crippen LogP contribution >= 0.6 is 0 Å². The van der Waals surface area contributed by atoms with Crippen LogP contribution in [-0.4, -0.2) is 46.3 Å². The fourth-order valence-corrected chi connectivity index (χ4v) is 2.02. The average Bonchev–Trinajstić information content (AvgIpc) is 2.79. The highest BCUT2D eigenvalue weighted by atomic mass is 16.2. The molecule has 0 aliphatic carbocycles. The monoisotopic (exact) mass is 237 g/mol. The van der Waals surface area contributed by atoms with E-state index in [1.54, 1.807) is 10.9 Å². The molecule has 0 aromatic carbocycles. The molecule has 1 amide bonds. The number of carbonyl (C=O) groups excluding carboxylic acids is 1. The molecule has 1 unspecified atom stereocenters. The highest BCUT2D eigenvalue weighted by Crippen LogP contribution is 2.12. The molecule has 17 heavy (non-hydrogen) atoms. The molecule has 1 aromatic rings. The van der Waals surface area contributed by atoms with Crippen LogP contribution in [0.1, 0.15) is 12.1 Å². The van der Waals surface area contributed by atoms with Gasteiger partial charge in [-0.15, -0.1) is 0 Å². The van der Waals surface area contributed by atoms with Gasteiger partial charge in [-0.05, 0) is 13.3 Å². The summed E-state index contributed by atoms with van der Waals surface area (Å²) < 4.78 is 1.74. The van der Waals surface area contributed by atoms with E-state index >= 15 is 0 Å². The van der Waals surface area contributed by atoms with E-state index in [4.69, 9.17) is 5.73 Å². The first-order valence-electron chi connectivity index (χ1n) is 5.82. The minimum absolute atomic E-state index is 0.00444. The van der Waals surface area contributed by atoms with Crippen LogP contribution in [0.5, 0.6) is 0 Å². The van der Waals surface area contributed by atoms with Crippen molar-refractivity contribution >= 4 is 11.6 Å². The lowest BCUT2D eigenvalue weighted by molar-refractivity contribution is -0.117. The minimum atomic E-state index is -0.00444. The molecule has 0 bridgehead atoms. The van der Waals surface area contributed by atoms with Crippen molar-refractivity contribution in [2.24, 2.45) is 12.8 Å². The molecule has 0 spiro atoms. The van der Waals surface area contributed by atoms with Gasteiger partial charge in [0.2, 0.25) is 5.91 Å². The van der Waals surface area contributed by atoms with Crippen LogP contribution in [0.15, 0.2) is 6.20 Å². The van der Waals surface area contributed by atoms with E-state index in [-0.39, 0.29) is 11.9 Å². The van der Waals surface area contributed by atoms with Gasteiger partial charge >= 0.3 is 0 Å². The number of hydrogen-bond donors (Lipinski definition) is 2. The fraction of sp³-hybridized carbons (Fsp3) is 0.636. The van der Waals surface area contributed by atoms with Gasteiger partial charge in [0.05, 0.1) is 24.1 Å². The Morgan fingerprint density at radius 3 is 3.00 bits per heavy atom. The number of aryl methyl sites for hydroxylation is 1. The lowest BCUT2D eigenvalue weighted by Crippen LogP contribution is -2.33. The lowest BCUT2D eigenvalue weighted by Gasteiger charge is -2.14. The molecule has 0 radical (unpaired) electrons. The largest absolute Gasteiger partial charge is 0.326 e. The van der Waals surface area contributed by atoms with Gasteiger partial charge in [-0.25, -0.2) is 0 Å². The molecular weight excluding hydrogens is 218 g/mol. The number of nitrogens with zero attached hydrogens (tertiary/aromatic N) is 3. The zero-order valence-corrected chi connectivity index (χ0v) is 10.3. The first-order valence-corrected chi connectivity index (χ1v) is 5.82. The maximum atomic E-state index is 11.8. The Bertz CT molecular complexity index is 414. The number of anilines is 1. The summed E-state index contributed by atoms with van der Waals surface area (Å²) in [7, 11) is 1.85. The van der Waals surface area contributed by atoms with Crippen LogP contribution in [0.3, 0.4) is 0 Å². The second kappa shape index (κ2) is 4.85. The highest BCUT2D eigenvalue weighted by Gasteiger charge is 2.21. The second-order valence-electron chi connectivity index (χ2n) is 4.60. The van der Waals surface area contributed by atoms with Crippen LogP contribution in [0.4, 0.5) is 5.69 Å². The molecule has 1 aliphatic rings. The minimum Gasteiger partial charge on any atom is -0.326 e. The van der Waals surface area contributed by atoms with Crippen molar-refractivity contribution in [3.8, 4) is 0 Å². The van der Waals surface area contributed by atoms with Gasteiger partial charge in [0.15, 0.2) is 0 Å². The molecule has 1 fully saturated rings. The summed E-state index contributed by atoms with van der Waals surface area (Å²) in [5.41, 5.74) is 7.53. The normalized spacial score (nSPS) is 20.8. The lowest BCUT2D eigenvalue weighted by atomic mass is 10.3. The third-order valence-electron chi connectivity index (χ3n) is 3.19. The number of aromatic nitrogens is 2. The van der Waals surface area contributed by atoms with Gasteiger partial charge < -0.3 is 11.1 Å². The first-order chi connectivity index (χ1) is 8.06. The Balaban J connectivity index is 1.87. The molecular formula is C11H19N5O. The molecule has 94 valence electrons. The Kier molecular flexibility index (Phi) is 3.44. The van der Waals surface area contributed by atoms with Crippen molar-refractivity contribution in [3.05, 3.63) is 11.9 Å². The predicted molar refractivity (Wildman–Crippen MR) is 65.6 cm³/mol. The summed E-state index contributed by atoms with van der Waals surface area (Å²) in [6.45, 7) is 4.04. The first kappa shape index (κ1) is 12.1. The molecule has 1 saturated heterocycles. The maximum Gasteiger partial charge on any atom is 0.238 e. The van der Waals surface area contributed by atoms with Crippen molar-refractivity contribution in [1.82, 2.24) is 14.7 Å². The highest BCUT2D eigenvalue weighted by molar-refractivity contribution is 5.92. The summed E-state index contributed by atoms with van der Waals surface area (Å²) >= 11 is 0. The van der Waals surface area contributed by atoms with E-state index in [1.807, 2.05) is 14.0 Å². The molecule has 1 aromatic heterocycles. The molecule has 1 aliphatic heterocycles. The Hall–Kier alpha value is -1.40. The summed E-state index contributed by atoms with van der Waals surface area (Å²) in [5.74, 6) is -0.00444. The third kappa shape index (κ3) is 2.83. The van der Waals surface area contributed by atoms with Gasteiger partial charge in [0, 0.05) is 26.2 Å². The van der Waals surface area contributed by atoms with Crippen LogP contribution < -0.4 is 11.1 Å². The van der Waals surface area contributed by atoms with E-state index in [2.05, 4.69) is 15.3 Å². The van der Waals surface area contributed by atoms with Crippen LogP contribution in [0.25, 0.3) is 0 Å². The average molecular weight is 237 g/mol. The van der Waals surface area contributed by atoms with E-state index in [0.29, 0.717) is 6.54 Å². The summed E-state index contributed by atoms with van der Waals surface area (Å²) in [5, 5.41) is 6.95. The number of nitrogens with two attached hydrogens (primary N) is 1. The quantitative estimate of drug-likeness (QED) is 0.757. The summed E-state index contributed by atoms with van der Waals surface area (Å²) in [6.07, 6.45) is 2.64. The number of carbonyl (C=O) groups is 1. The van der Waals surface area contributed by atoms with E-state index in [9.17, 15) is 4.79 Å². The molecule has 2 heterocycles. The number of likely N-dealkylation sites (tertiary alicyclic amines) is 1. The van der Waals surface area contributed by atoms with Crippen molar-refractivity contribution in [3.63, 3.8) is 0 Å². The van der Waals surface area contributed by atoms with Gasteiger partial charge in [0.25, 0.3) is 0 Å². The van der Waals surface area contributed by atoms with Crippen molar-refractivity contribution in [2.75, 3.05) is 25.0 Å². The maximum absolute atomic E-state index is 11.8. The predicted octanol–water partition coefficient (Wildman–Crippen LogP) is -0.300. The molecule has 6 nitrogen and oxygen atoms in total. The van der Waals surface area contributed by atoms with Crippen LogP contribution in [0.2, 0.25) is 0 Å². The zero-order chi connectivity index (χ0) is 12.4. The molecule has 3 N–H and O–H groups in total. The van der Waals surface area contributed by atoms with Gasteiger partial charge in [-0.3, -0.25) is 14.4 Å². The molecule has 6 heteroatoms. The van der Waals surface area contributed by atoms with Gasteiger partial charge in [-0.1, -0.05) is 0 Å². The van der Waals surface area contributed by atoms with Crippen LogP contribution in [0, 0.1) is 6.92 Å². The second-order valence-corrected chi connectivity index (χ2v) is 4.60. The smallest absolute Gasteiger partial charge is 0.238 e. The number of nitrogens with one attached hydrogen (secondary N) is 1. The third-order valence-corrected chi connectivity index (χ3v) is 3.19. The number of hydrogen-bond acceptors (Lipinski definition) is 4. The number of rotatable bonds is 3. The Labute approximate surface area is 101 Å². The summed E-state index contributed by atoms with van der Waals surface area (Å²) in [6, 6.07) is 0.211. The molecule has 2 rings (SSSR count).